The topological polar surface area (TPSA) is 111 Å². The number of benzene rings is 1. The van der Waals surface area contributed by atoms with Crippen LogP contribution >= 0.6 is 12.6 Å². The number of thiol groups is 1. The molecule has 0 saturated heterocycles. The molecule has 4 N–H and O–H groups in total. The predicted octanol–water partition coefficient (Wildman–Crippen LogP) is 0.550. The number of H-pyrrole nitrogens is 1. The molecule has 7 heteroatoms. The first kappa shape index (κ1) is 14.6. The van der Waals surface area contributed by atoms with Crippen LogP contribution in [0.3, 0.4) is 0 Å². The maximum atomic E-state index is 11.9. The standard InChI is InChI=1S/C13H13NO5S/c15-10(5-20)11(16)6-1-2-7-9(3-6)14-4-8(12(7)17)13(18)19/h1-4,10-11,15-16,20H,5H2,(H,14,17)(H,18,19). The Hall–Kier alpha value is -1.83. The van der Waals surface area contributed by atoms with Gasteiger partial charge in [0.05, 0.1) is 6.10 Å². The Morgan fingerprint density at radius 3 is 2.65 bits per heavy atom. The van der Waals surface area contributed by atoms with Crippen molar-refractivity contribution in [3.63, 3.8) is 0 Å². The van der Waals surface area contributed by atoms with E-state index >= 15 is 0 Å². The van der Waals surface area contributed by atoms with E-state index in [9.17, 15) is 19.8 Å². The first-order chi connectivity index (χ1) is 9.45. The zero-order chi connectivity index (χ0) is 14.9. The normalized spacial score (nSPS) is 14.2. The van der Waals surface area contributed by atoms with Gasteiger partial charge in [0.2, 0.25) is 5.43 Å². The second-order valence-corrected chi connectivity index (χ2v) is 4.70. The fourth-order valence-corrected chi connectivity index (χ4v) is 2.10. The number of aliphatic hydroxyl groups excluding tert-OH is 2. The van der Waals surface area contributed by atoms with Crippen molar-refractivity contribution in [3.05, 3.63) is 45.7 Å². The molecule has 0 aliphatic rings. The van der Waals surface area contributed by atoms with E-state index in [-0.39, 0.29) is 16.7 Å². The van der Waals surface area contributed by atoms with Crippen molar-refractivity contribution in [3.8, 4) is 0 Å². The lowest BCUT2D eigenvalue weighted by atomic mass is 10.0. The molecular weight excluding hydrogens is 282 g/mol. The van der Waals surface area contributed by atoms with Crippen LogP contribution in [0.15, 0.2) is 29.2 Å². The van der Waals surface area contributed by atoms with Crippen LogP contribution < -0.4 is 5.43 Å². The number of aromatic amines is 1. The van der Waals surface area contributed by atoms with Crippen molar-refractivity contribution in [1.82, 2.24) is 4.98 Å². The number of hydrogen-bond acceptors (Lipinski definition) is 5. The summed E-state index contributed by atoms with van der Waals surface area (Å²) in [5.74, 6) is -1.21. The molecule has 6 nitrogen and oxygen atoms in total. The number of pyridine rings is 1. The first-order valence-corrected chi connectivity index (χ1v) is 6.44. The van der Waals surface area contributed by atoms with Crippen LogP contribution in [-0.4, -0.2) is 38.1 Å². The fraction of sp³-hybridized carbons (Fsp3) is 0.231. The van der Waals surface area contributed by atoms with Crippen molar-refractivity contribution in [2.75, 3.05) is 5.75 Å². The molecule has 1 aromatic heterocycles. The van der Waals surface area contributed by atoms with Gasteiger partial charge in [-0.3, -0.25) is 4.79 Å². The largest absolute Gasteiger partial charge is 0.477 e. The van der Waals surface area contributed by atoms with Crippen LogP contribution in [0.2, 0.25) is 0 Å². The van der Waals surface area contributed by atoms with Gasteiger partial charge in [-0.15, -0.1) is 0 Å². The molecule has 106 valence electrons. The molecule has 0 amide bonds. The van der Waals surface area contributed by atoms with E-state index in [4.69, 9.17) is 5.11 Å². The molecule has 0 aliphatic carbocycles. The number of nitrogens with one attached hydrogen (secondary N) is 1. The zero-order valence-corrected chi connectivity index (χ0v) is 11.2. The average Bonchev–Trinajstić information content (AvgIpc) is 2.45. The molecule has 0 bridgehead atoms. The van der Waals surface area contributed by atoms with Crippen LogP contribution in [0.4, 0.5) is 0 Å². The number of fused-ring (bicyclic) bond motifs is 1. The third kappa shape index (κ3) is 2.55. The molecular formula is C13H13NO5S. The van der Waals surface area contributed by atoms with Gasteiger partial charge in [0.15, 0.2) is 0 Å². The summed E-state index contributed by atoms with van der Waals surface area (Å²) >= 11 is 3.90. The Labute approximate surface area is 119 Å². The van der Waals surface area contributed by atoms with E-state index in [0.717, 1.165) is 6.20 Å². The predicted molar refractivity (Wildman–Crippen MR) is 76.3 cm³/mol. The second-order valence-electron chi connectivity index (χ2n) is 4.34. The Bertz CT molecular complexity index is 711. The highest BCUT2D eigenvalue weighted by Crippen LogP contribution is 2.21. The smallest absolute Gasteiger partial charge is 0.341 e. The lowest BCUT2D eigenvalue weighted by Crippen LogP contribution is -2.20. The molecule has 1 heterocycles. The van der Waals surface area contributed by atoms with Gasteiger partial charge >= 0.3 is 5.97 Å². The van der Waals surface area contributed by atoms with E-state index in [1.54, 1.807) is 0 Å². The van der Waals surface area contributed by atoms with Gasteiger partial charge in [-0.2, -0.15) is 12.6 Å². The Morgan fingerprint density at radius 2 is 2.05 bits per heavy atom. The summed E-state index contributed by atoms with van der Waals surface area (Å²) in [5, 5.41) is 28.5. The number of rotatable bonds is 4. The molecule has 2 aromatic rings. The highest BCUT2D eigenvalue weighted by molar-refractivity contribution is 7.80. The number of aromatic carboxylic acids is 1. The number of aliphatic hydroxyl groups is 2. The summed E-state index contributed by atoms with van der Waals surface area (Å²) < 4.78 is 0. The van der Waals surface area contributed by atoms with Gasteiger partial charge in [-0.25, -0.2) is 4.79 Å². The second kappa shape index (κ2) is 5.66. The van der Waals surface area contributed by atoms with Gasteiger partial charge in [-0.05, 0) is 17.7 Å². The van der Waals surface area contributed by atoms with Crippen LogP contribution in [-0.2, 0) is 0 Å². The van der Waals surface area contributed by atoms with E-state index in [1.807, 2.05) is 0 Å². The minimum absolute atomic E-state index is 0.0909. The van der Waals surface area contributed by atoms with E-state index < -0.39 is 23.6 Å². The van der Waals surface area contributed by atoms with Gasteiger partial charge in [0.25, 0.3) is 0 Å². The third-order valence-corrected chi connectivity index (χ3v) is 3.40. The maximum Gasteiger partial charge on any atom is 0.341 e. The van der Waals surface area contributed by atoms with Gasteiger partial charge in [-0.1, -0.05) is 6.07 Å². The number of carboxylic acid groups (broad SMARTS) is 1. The van der Waals surface area contributed by atoms with Crippen molar-refractivity contribution in [2.45, 2.75) is 12.2 Å². The minimum atomic E-state index is -1.30. The van der Waals surface area contributed by atoms with E-state index in [2.05, 4.69) is 17.6 Å². The van der Waals surface area contributed by atoms with E-state index in [1.165, 1.54) is 18.2 Å². The Kier molecular flexibility index (Phi) is 4.12. The molecule has 0 fully saturated rings. The lowest BCUT2D eigenvalue weighted by Gasteiger charge is -2.16. The number of carboxylic acids is 1. The van der Waals surface area contributed by atoms with E-state index in [0.29, 0.717) is 11.1 Å². The van der Waals surface area contributed by atoms with Crippen molar-refractivity contribution < 1.29 is 20.1 Å². The molecule has 2 rings (SSSR count). The summed E-state index contributed by atoms with van der Waals surface area (Å²) in [6, 6.07) is 4.39. The molecule has 0 aliphatic heterocycles. The summed E-state index contributed by atoms with van der Waals surface area (Å²) in [6.07, 6.45) is -1.04. The molecule has 2 unspecified atom stereocenters. The molecule has 2 atom stereocenters. The van der Waals surface area contributed by atoms with Crippen LogP contribution in [0.25, 0.3) is 10.9 Å². The third-order valence-electron chi connectivity index (χ3n) is 3.03. The number of carbonyl (C=O) groups is 1. The summed E-state index contributed by atoms with van der Waals surface area (Å²) in [7, 11) is 0. The van der Waals surface area contributed by atoms with Crippen LogP contribution in [0.5, 0.6) is 0 Å². The molecule has 0 radical (unpaired) electrons. The highest BCUT2D eigenvalue weighted by atomic mass is 32.1. The van der Waals surface area contributed by atoms with Crippen molar-refractivity contribution >= 4 is 29.5 Å². The average molecular weight is 295 g/mol. The maximum absolute atomic E-state index is 11.9. The summed E-state index contributed by atoms with van der Waals surface area (Å²) in [5.41, 5.74) is -0.135. The number of hydrogen-bond donors (Lipinski definition) is 5. The first-order valence-electron chi connectivity index (χ1n) is 5.81. The van der Waals surface area contributed by atoms with Crippen molar-refractivity contribution in [1.29, 1.82) is 0 Å². The Balaban J connectivity index is 2.55. The monoisotopic (exact) mass is 295 g/mol. The minimum Gasteiger partial charge on any atom is -0.477 e. The van der Waals surface area contributed by atoms with Gasteiger partial charge in [0.1, 0.15) is 11.7 Å². The molecule has 20 heavy (non-hydrogen) atoms. The lowest BCUT2D eigenvalue weighted by molar-refractivity contribution is 0.0338. The molecule has 0 saturated carbocycles. The number of aromatic nitrogens is 1. The van der Waals surface area contributed by atoms with Crippen LogP contribution in [0, 0.1) is 0 Å². The fourth-order valence-electron chi connectivity index (χ4n) is 1.90. The highest BCUT2D eigenvalue weighted by Gasteiger charge is 2.18. The molecule has 0 spiro atoms. The summed E-state index contributed by atoms with van der Waals surface area (Å²) in [4.78, 5) is 25.5. The SMILES string of the molecule is O=C(O)c1c[nH]c2cc(C(O)C(O)CS)ccc2c1=O. The van der Waals surface area contributed by atoms with Gasteiger partial charge < -0.3 is 20.3 Å². The quantitative estimate of drug-likeness (QED) is 0.529. The van der Waals surface area contributed by atoms with Gasteiger partial charge in [0, 0.05) is 22.9 Å². The Morgan fingerprint density at radius 1 is 1.35 bits per heavy atom. The zero-order valence-electron chi connectivity index (χ0n) is 10.3. The van der Waals surface area contributed by atoms with Crippen LogP contribution in [0.1, 0.15) is 22.0 Å². The molecule has 1 aromatic carbocycles. The van der Waals surface area contributed by atoms with Crippen molar-refractivity contribution in [2.24, 2.45) is 0 Å². The summed E-state index contributed by atoms with van der Waals surface area (Å²) in [6.45, 7) is 0.